The summed E-state index contributed by atoms with van der Waals surface area (Å²) in [5.74, 6) is 0. The van der Waals surface area contributed by atoms with Crippen molar-refractivity contribution in [1.82, 2.24) is 4.90 Å². The van der Waals surface area contributed by atoms with Gasteiger partial charge in [0, 0.05) is 18.8 Å². The topological polar surface area (TPSA) is 29.3 Å². The standard InChI is InChI=1S/C18H24N2/c1-4-20(12-16-6-5-7-18(19)11-16)13-17-10-14(2)8-9-15(17)3/h5-11H,4,12-13,19H2,1-3H3. The largest absolute Gasteiger partial charge is 0.399 e. The van der Waals surface area contributed by atoms with Crippen LogP contribution in [0.2, 0.25) is 0 Å². The lowest BCUT2D eigenvalue weighted by Gasteiger charge is -2.22. The maximum Gasteiger partial charge on any atom is 0.0317 e. The highest BCUT2D eigenvalue weighted by atomic mass is 15.1. The van der Waals surface area contributed by atoms with Crippen LogP contribution < -0.4 is 5.73 Å². The first-order valence-electron chi connectivity index (χ1n) is 7.21. The first kappa shape index (κ1) is 14.6. The van der Waals surface area contributed by atoms with Gasteiger partial charge in [-0.1, -0.05) is 42.8 Å². The first-order chi connectivity index (χ1) is 9.58. The summed E-state index contributed by atoms with van der Waals surface area (Å²) in [4.78, 5) is 2.44. The number of hydrogen-bond donors (Lipinski definition) is 1. The maximum absolute atomic E-state index is 5.85. The van der Waals surface area contributed by atoms with Crippen LogP contribution >= 0.6 is 0 Å². The van der Waals surface area contributed by atoms with Gasteiger partial charge in [0.2, 0.25) is 0 Å². The Morgan fingerprint density at radius 1 is 1.00 bits per heavy atom. The molecule has 0 atom stereocenters. The molecule has 2 aromatic rings. The molecule has 0 saturated heterocycles. The van der Waals surface area contributed by atoms with Crippen LogP contribution in [-0.4, -0.2) is 11.4 Å². The molecule has 20 heavy (non-hydrogen) atoms. The Kier molecular flexibility index (Phi) is 4.80. The lowest BCUT2D eigenvalue weighted by atomic mass is 10.0. The van der Waals surface area contributed by atoms with E-state index in [4.69, 9.17) is 5.73 Å². The molecule has 0 saturated carbocycles. The molecular formula is C18H24N2. The van der Waals surface area contributed by atoms with Crippen molar-refractivity contribution in [3.05, 3.63) is 64.7 Å². The molecular weight excluding hydrogens is 244 g/mol. The molecule has 2 rings (SSSR count). The molecule has 0 aliphatic heterocycles. The summed E-state index contributed by atoms with van der Waals surface area (Å²) in [6, 6.07) is 14.8. The minimum Gasteiger partial charge on any atom is -0.399 e. The minimum absolute atomic E-state index is 0.838. The van der Waals surface area contributed by atoms with Gasteiger partial charge in [0.1, 0.15) is 0 Å². The quantitative estimate of drug-likeness (QED) is 0.833. The number of nitrogens with two attached hydrogens (primary N) is 1. The van der Waals surface area contributed by atoms with Crippen LogP contribution in [0.5, 0.6) is 0 Å². The minimum atomic E-state index is 0.838. The van der Waals surface area contributed by atoms with Crippen LogP contribution in [0.1, 0.15) is 29.2 Å². The maximum atomic E-state index is 5.85. The van der Waals surface area contributed by atoms with E-state index in [1.54, 1.807) is 0 Å². The summed E-state index contributed by atoms with van der Waals surface area (Å²) in [5, 5.41) is 0. The molecule has 2 N–H and O–H groups in total. The van der Waals surface area contributed by atoms with Gasteiger partial charge in [-0.2, -0.15) is 0 Å². The van der Waals surface area contributed by atoms with Crippen molar-refractivity contribution in [3.8, 4) is 0 Å². The van der Waals surface area contributed by atoms with Gasteiger partial charge in [-0.3, -0.25) is 4.90 Å². The van der Waals surface area contributed by atoms with Crippen molar-refractivity contribution in [3.63, 3.8) is 0 Å². The Morgan fingerprint density at radius 3 is 2.50 bits per heavy atom. The van der Waals surface area contributed by atoms with Crippen molar-refractivity contribution >= 4 is 5.69 Å². The highest BCUT2D eigenvalue weighted by Crippen LogP contribution is 2.16. The zero-order valence-corrected chi connectivity index (χ0v) is 12.7. The van der Waals surface area contributed by atoms with Crippen LogP contribution in [-0.2, 0) is 13.1 Å². The highest BCUT2D eigenvalue weighted by Gasteiger charge is 2.07. The average Bonchev–Trinajstić information content (AvgIpc) is 2.42. The van der Waals surface area contributed by atoms with Crippen LogP contribution in [0.25, 0.3) is 0 Å². The molecule has 0 heterocycles. The first-order valence-corrected chi connectivity index (χ1v) is 7.21. The summed E-state index contributed by atoms with van der Waals surface area (Å²) < 4.78 is 0. The third-order valence-electron chi connectivity index (χ3n) is 3.70. The molecule has 0 spiro atoms. The van der Waals surface area contributed by atoms with E-state index in [0.29, 0.717) is 0 Å². The van der Waals surface area contributed by atoms with Crippen LogP contribution in [0.3, 0.4) is 0 Å². The van der Waals surface area contributed by atoms with E-state index in [9.17, 15) is 0 Å². The van der Waals surface area contributed by atoms with Gasteiger partial charge < -0.3 is 5.73 Å². The van der Waals surface area contributed by atoms with Crippen molar-refractivity contribution in [2.75, 3.05) is 12.3 Å². The third kappa shape index (κ3) is 3.84. The molecule has 0 aliphatic carbocycles. The summed E-state index contributed by atoms with van der Waals surface area (Å²) >= 11 is 0. The fraction of sp³-hybridized carbons (Fsp3) is 0.333. The second kappa shape index (κ2) is 6.58. The Labute approximate surface area is 122 Å². The summed E-state index contributed by atoms with van der Waals surface area (Å²) in [7, 11) is 0. The SMILES string of the molecule is CCN(Cc1cccc(N)c1)Cc1cc(C)ccc1C. The molecule has 0 unspecified atom stereocenters. The highest BCUT2D eigenvalue weighted by molar-refractivity contribution is 5.40. The lowest BCUT2D eigenvalue weighted by molar-refractivity contribution is 0.271. The molecule has 0 aromatic heterocycles. The van der Waals surface area contributed by atoms with E-state index < -0.39 is 0 Å². The van der Waals surface area contributed by atoms with Crippen molar-refractivity contribution in [2.24, 2.45) is 0 Å². The number of hydrogen-bond acceptors (Lipinski definition) is 2. The molecule has 0 aliphatic rings. The molecule has 2 nitrogen and oxygen atoms in total. The van der Waals surface area contributed by atoms with Crippen LogP contribution in [0.4, 0.5) is 5.69 Å². The second-order valence-corrected chi connectivity index (χ2v) is 5.48. The Bertz CT molecular complexity index is 575. The Hall–Kier alpha value is -1.80. The van der Waals surface area contributed by atoms with Gasteiger partial charge in [0.05, 0.1) is 0 Å². The Morgan fingerprint density at radius 2 is 1.80 bits per heavy atom. The van der Waals surface area contributed by atoms with E-state index >= 15 is 0 Å². The summed E-state index contributed by atoms with van der Waals surface area (Å²) in [6.45, 7) is 9.49. The molecule has 2 aromatic carbocycles. The normalized spacial score (nSPS) is 11.0. The summed E-state index contributed by atoms with van der Waals surface area (Å²) in [5.41, 5.74) is 12.1. The number of nitrogen functional groups attached to an aromatic ring is 1. The number of nitrogens with zero attached hydrogens (tertiary/aromatic N) is 1. The van der Waals surface area contributed by atoms with Gasteiger partial charge in [0.25, 0.3) is 0 Å². The van der Waals surface area contributed by atoms with Crippen molar-refractivity contribution < 1.29 is 0 Å². The smallest absolute Gasteiger partial charge is 0.0317 e. The fourth-order valence-corrected chi connectivity index (χ4v) is 2.44. The zero-order chi connectivity index (χ0) is 14.5. The predicted octanol–water partition coefficient (Wildman–Crippen LogP) is 3.91. The fourth-order valence-electron chi connectivity index (χ4n) is 2.44. The van der Waals surface area contributed by atoms with Crippen molar-refractivity contribution in [2.45, 2.75) is 33.9 Å². The summed E-state index contributed by atoms with van der Waals surface area (Å²) in [6.07, 6.45) is 0. The van der Waals surface area contributed by atoms with Gasteiger partial charge >= 0.3 is 0 Å². The molecule has 0 radical (unpaired) electrons. The molecule has 106 valence electrons. The number of anilines is 1. The van der Waals surface area contributed by atoms with Crippen LogP contribution in [0.15, 0.2) is 42.5 Å². The van der Waals surface area contributed by atoms with Gasteiger partial charge in [-0.25, -0.2) is 0 Å². The molecule has 0 bridgehead atoms. The monoisotopic (exact) mass is 268 g/mol. The number of benzene rings is 2. The second-order valence-electron chi connectivity index (χ2n) is 5.48. The van der Waals surface area contributed by atoms with E-state index in [-0.39, 0.29) is 0 Å². The van der Waals surface area contributed by atoms with Crippen molar-refractivity contribution in [1.29, 1.82) is 0 Å². The van der Waals surface area contributed by atoms with E-state index in [0.717, 1.165) is 25.3 Å². The number of rotatable bonds is 5. The number of aryl methyl sites for hydroxylation is 2. The average molecular weight is 268 g/mol. The third-order valence-corrected chi connectivity index (χ3v) is 3.70. The van der Waals surface area contributed by atoms with Gasteiger partial charge in [-0.15, -0.1) is 0 Å². The van der Waals surface area contributed by atoms with Gasteiger partial charge in [0.15, 0.2) is 0 Å². The van der Waals surface area contributed by atoms with E-state index in [2.05, 4.69) is 56.0 Å². The molecule has 2 heteroatoms. The van der Waals surface area contributed by atoms with E-state index in [1.807, 2.05) is 12.1 Å². The zero-order valence-electron chi connectivity index (χ0n) is 12.7. The van der Waals surface area contributed by atoms with Crippen LogP contribution in [0, 0.1) is 13.8 Å². The lowest BCUT2D eigenvalue weighted by Crippen LogP contribution is -2.22. The van der Waals surface area contributed by atoms with E-state index in [1.165, 1.54) is 22.3 Å². The molecule has 0 fully saturated rings. The Balaban J connectivity index is 2.11. The predicted molar refractivity (Wildman–Crippen MR) is 86.6 cm³/mol. The van der Waals surface area contributed by atoms with Gasteiger partial charge in [-0.05, 0) is 49.2 Å². The molecule has 0 amide bonds.